The monoisotopic (exact) mass is 256 g/mol. The lowest BCUT2D eigenvalue weighted by Crippen LogP contribution is -2.30. The number of halogens is 2. The van der Waals surface area contributed by atoms with Crippen LogP contribution >= 0.6 is 23.2 Å². The predicted octanol–water partition coefficient (Wildman–Crippen LogP) is 2.94. The smallest absolute Gasteiger partial charge is 0.215 e. The van der Waals surface area contributed by atoms with Crippen molar-refractivity contribution in [1.29, 1.82) is 0 Å². The van der Waals surface area contributed by atoms with E-state index in [2.05, 4.69) is 0 Å². The molecule has 0 aliphatic heterocycles. The summed E-state index contributed by atoms with van der Waals surface area (Å²) in [5.74, 6) is -0.0348. The quantitative estimate of drug-likeness (QED) is 0.668. The average molecular weight is 257 g/mol. The molecule has 2 saturated carbocycles. The third kappa shape index (κ3) is 1.09. The van der Waals surface area contributed by atoms with Crippen LogP contribution in [0.4, 0.5) is 0 Å². The number of ketones is 2. The van der Waals surface area contributed by atoms with Gasteiger partial charge in [-0.25, -0.2) is 0 Å². The lowest BCUT2D eigenvalue weighted by Gasteiger charge is -2.31. The van der Waals surface area contributed by atoms with E-state index in [1.165, 1.54) is 0 Å². The van der Waals surface area contributed by atoms with Gasteiger partial charge >= 0.3 is 0 Å². The fraction of sp³-hybridized carbons (Fsp3) is 0.500. The maximum Gasteiger partial charge on any atom is 0.215 e. The number of carbonyl (C=O) groups is 2. The van der Waals surface area contributed by atoms with Crippen LogP contribution in [0.5, 0.6) is 0 Å². The first kappa shape index (κ1) is 10.5. The van der Waals surface area contributed by atoms with Gasteiger partial charge < -0.3 is 0 Å². The van der Waals surface area contributed by atoms with Crippen LogP contribution < -0.4 is 0 Å². The third-order valence-electron chi connectivity index (χ3n) is 4.14. The van der Waals surface area contributed by atoms with Crippen molar-refractivity contribution in [2.24, 2.45) is 10.8 Å². The van der Waals surface area contributed by atoms with Crippen LogP contribution in [0.3, 0.4) is 0 Å². The zero-order valence-electron chi connectivity index (χ0n) is 8.56. The normalized spacial score (nSPS) is 29.6. The number of rotatable bonds is 0. The standard InChI is InChI=1S/C12H10Cl2O2/c13-7-5-11(6-8(14)10(7)16)2-1-9(15)12(11)3-4-12/h5-6H,1-4H2. The highest BCUT2D eigenvalue weighted by molar-refractivity contribution is 6.55. The molecule has 0 atom stereocenters. The molecule has 0 amide bonds. The van der Waals surface area contributed by atoms with E-state index < -0.39 is 0 Å². The second kappa shape index (κ2) is 2.99. The van der Waals surface area contributed by atoms with Gasteiger partial charge in [0, 0.05) is 17.3 Å². The molecule has 0 saturated heterocycles. The summed E-state index contributed by atoms with van der Waals surface area (Å²) in [5.41, 5.74) is -0.680. The van der Waals surface area contributed by atoms with Crippen LogP contribution in [0.2, 0.25) is 0 Å². The largest absolute Gasteiger partial charge is 0.299 e. The second-order valence-electron chi connectivity index (χ2n) is 4.86. The summed E-state index contributed by atoms with van der Waals surface area (Å²) in [5, 5.41) is 0.321. The summed E-state index contributed by atoms with van der Waals surface area (Å²) in [6, 6.07) is 0. The van der Waals surface area contributed by atoms with E-state index in [9.17, 15) is 9.59 Å². The number of hydrogen-bond donors (Lipinski definition) is 0. The van der Waals surface area contributed by atoms with Gasteiger partial charge in [-0.1, -0.05) is 35.4 Å². The summed E-state index contributed by atoms with van der Waals surface area (Å²) in [4.78, 5) is 23.4. The first-order chi connectivity index (χ1) is 7.51. The number of Topliss-reactive ketones (excluding diaryl/α,β-unsaturated/α-hetero) is 2. The van der Waals surface area contributed by atoms with Crippen molar-refractivity contribution in [2.45, 2.75) is 25.7 Å². The molecule has 0 heterocycles. The summed E-state index contributed by atoms with van der Waals surface area (Å²) in [6.07, 6.45) is 6.57. The summed E-state index contributed by atoms with van der Waals surface area (Å²) in [6.45, 7) is 0. The van der Waals surface area contributed by atoms with Gasteiger partial charge in [0.1, 0.15) is 5.78 Å². The molecule has 0 bridgehead atoms. The number of allylic oxidation sites excluding steroid dienone is 4. The van der Waals surface area contributed by atoms with Crippen molar-refractivity contribution in [3.63, 3.8) is 0 Å². The third-order valence-corrected chi connectivity index (χ3v) is 4.70. The highest BCUT2D eigenvalue weighted by Crippen LogP contribution is 2.68. The molecule has 0 aromatic rings. The highest BCUT2D eigenvalue weighted by Gasteiger charge is 2.66. The predicted molar refractivity (Wildman–Crippen MR) is 61.2 cm³/mol. The Bertz CT molecular complexity index is 447. The van der Waals surface area contributed by atoms with Gasteiger partial charge in [-0.15, -0.1) is 0 Å². The molecule has 2 fully saturated rings. The van der Waals surface area contributed by atoms with E-state index in [1.54, 1.807) is 12.2 Å². The molecule has 0 unspecified atom stereocenters. The van der Waals surface area contributed by atoms with Gasteiger partial charge in [0.15, 0.2) is 0 Å². The van der Waals surface area contributed by atoms with Crippen molar-refractivity contribution < 1.29 is 9.59 Å². The molecule has 0 aromatic carbocycles. The Morgan fingerprint density at radius 1 is 1.00 bits per heavy atom. The Kier molecular flexibility index (Phi) is 1.97. The van der Waals surface area contributed by atoms with Gasteiger partial charge in [0.05, 0.1) is 10.1 Å². The molecule has 3 aliphatic rings. The lowest BCUT2D eigenvalue weighted by molar-refractivity contribution is -0.123. The Morgan fingerprint density at radius 2 is 1.56 bits per heavy atom. The first-order valence-corrected chi connectivity index (χ1v) is 6.11. The van der Waals surface area contributed by atoms with E-state index in [4.69, 9.17) is 23.2 Å². The van der Waals surface area contributed by atoms with Crippen LogP contribution in [-0.4, -0.2) is 11.6 Å². The summed E-state index contributed by atoms with van der Waals surface area (Å²) < 4.78 is 0. The maximum atomic E-state index is 11.9. The van der Waals surface area contributed by atoms with Gasteiger partial charge in [-0.3, -0.25) is 9.59 Å². The van der Waals surface area contributed by atoms with Gasteiger partial charge in [-0.2, -0.15) is 0 Å². The van der Waals surface area contributed by atoms with Crippen molar-refractivity contribution in [2.75, 3.05) is 0 Å². The molecule has 2 spiro atoms. The molecular formula is C12H10Cl2O2. The molecule has 0 radical (unpaired) electrons. The average Bonchev–Trinajstić information content (AvgIpc) is 2.99. The van der Waals surface area contributed by atoms with Crippen molar-refractivity contribution in [3.05, 3.63) is 22.2 Å². The van der Waals surface area contributed by atoms with E-state index in [-0.39, 0.29) is 26.7 Å². The van der Waals surface area contributed by atoms with Crippen LogP contribution in [0.15, 0.2) is 22.2 Å². The Morgan fingerprint density at radius 3 is 2.06 bits per heavy atom. The molecule has 0 aromatic heterocycles. The fourth-order valence-electron chi connectivity index (χ4n) is 3.09. The fourth-order valence-corrected chi connectivity index (χ4v) is 3.73. The van der Waals surface area contributed by atoms with Crippen molar-refractivity contribution >= 4 is 34.8 Å². The second-order valence-corrected chi connectivity index (χ2v) is 5.67. The first-order valence-electron chi connectivity index (χ1n) is 5.36. The van der Waals surface area contributed by atoms with E-state index in [0.717, 1.165) is 19.3 Å². The summed E-state index contributed by atoms with van der Waals surface area (Å²) in [7, 11) is 0. The Labute approximate surface area is 103 Å². The van der Waals surface area contributed by atoms with Crippen molar-refractivity contribution in [3.8, 4) is 0 Å². The highest BCUT2D eigenvalue weighted by atomic mass is 35.5. The zero-order valence-corrected chi connectivity index (χ0v) is 10.1. The lowest BCUT2D eigenvalue weighted by atomic mass is 9.72. The molecule has 4 heteroatoms. The number of carbonyl (C=O) groups excluding carboxylic acids is 2. The van der Waals surface area contributed by atoms with Crippen molar-refractivity contribution in [1.82, 2.24) is 0 Å². The maximum absolute atomic E-state index is 11.9. The Hall–Kier alpha value is -0.600. The van der Waals surface area contributed by atoms with Gasteiger partial charge in [0.25, 0.3) is 0 Å². The molecule has 16 heavy (non-hydrogen) atoms. The van der Waals surface area contributed by atoms with Gasteiger partial charge in [-0.05, 0) is 19.3 Å². The summed E-state index contributed by atoms with van der Waals surface area (Å²) >= 11 is 11.8. The molecule has 2 nitrogen and oxygen atoms in total. The SMILES string of the molecule is O=C1C(Cl)=CC2(C=C1Cl)CCC(=O)C21CC1. The zero-order chi connectivity index (χ0) is 11.6. The minimum absolute atomic E-state index is 0.161. The van der Waals surface area contributed by atoms with Crippen LogP contribution in [0.25, 0.3) is 0 Å². The van der Waals surface area contributed by atoms with E-state index in [0.29, 0.717) is 12.2 Å². The Balaban J connectivity index is 2.14. The molecule has 0 N–H and O–H groups in total. The molecular weight excluding hydrogens is 247 g/mol. The van der Waals surface area contributed by atoms with E-state index >= 15 is 0 Å². The minimum Gasteiger partial charge on any atom is -0.299 e. The van der Waals surface area contributed by atoms with E-state index in [1.807, 2.05) is 0 Å². The van der Waals surface area contributed by atoms with Crippen LogP contribution in [-0.2, 0) is 9.59 Å². The topological polar surface area (TPSA) is 34.1 Å². The number of fused-ring (bicyclic) bond motifs is 1. The molecule has 84 valence electrons. The molecule has 3 rings (SSSR count). The van der Waals surface area contributed by atoms with Gasteiger partial charge in [0.2, 0.25) is 5.78 Å². The minimum atomic E-state index is -0.383. The molecule has 3 aliphatic carbocycles. The van der Waals surface area contributed by atoms with Crippen LogP contribution in [0, 0.1) is 10.8 Å². The van der Waals surface area contributed by atoms with Crippen LogP contribution in [0.1, 0.15) is 25.7 Å². The number of hydrogen-bond acceptors (Lipinski definition) is 2.